The number of nitrogens with one attached hydrogen (secondary N) is 1. The van der Waals surface area contributed by atoms with Crippen LogP contribution in [0, 0.1) is 5.82 Å². The van der Waals surface area contributed by atoms with Gasteiger partial charge in [0.25, 0.3) is 5.91 Å². The molecule has 2 aromatic carbocycles. The van der Waals surface area contributed by atoms with E-state index in [1.807, 2.05) is 0 Å². The Bertz CT molecular complexity index is 1110. The molecule has 1 aromatic heterocycles. The van der Waals surface area contributed by atoms with Crippen LogP contribution < -0.4 is 10.2 Å². The lowest BCUT2D eigenvalue weighted by Gasteiger charge is -2.20. The number of hydrogen-bond acceptors (Lipinski definition) is 4. The van der Waals surface area contributed by atoms with Crippen molar-refractivity contribution in [1.82, 2.24) is 14.9 Å². The molecular weight excluding hydrogens is 387 g/mol. The van der Waals surface area contributed by atoms with Gasteiger partial charge >= 0.3 is 0 Å². The SMILES string of the molecule is Cn1ccnc1C(NC(=O)c1ccc(N2C(=O)CCC2=O)cc1)c1cccc(F)c1. The molecule has 152 valence electrons. The van der Waals surface area contributed by atoms with Gasteiger partial charge in [-0.2, -0.15) is 0 Å². The number of carbonyl (C=O) groups is 3. The number of imidazole rings is 1. The molecule has 1 saturated heterocycles. The molecule has 0 radical (unpaired) electrons. The van der Waals surface area contributed by atoms with Crippen molar-refractivity contribution >= 4 is 23.4 Å². The second-order valence-corrected chi connectivity index (χ2v) is 7.03. The highest BCUT2D eigenvalue weighted by atomic mass is 19.1. The summed E-state index contributed by atoms with van der Waals surface area (Å²) in [5.74, 6) is -0.752. The van der Waals surface area contributed by atoms with Gasteiger partial charge in [0.2, 0.25) is 11.8 Å². The van der Waals surface area contributed by atoms with Crippen LogP contribution in [0.15, 0.2) is 60.9 Å². The van der Waals surface area contributed by atoms with Crippen molar-refractivity contribution in [3.05, 3.63) is 83.7 Å². The van der Waals surface area contributed by atoms with Gasteiger partial charge in [-0.1, -0.05) is 12.1 Å². The number of aromatic nitrogens is 2. The molecular formula is C22H19FN4O3. The van der Waals surface area contributed by atoms with Crippen LogP contribution in [0.5, 0.6) is 0 Å². The third-order valence-electron chi connectivity index (χ3n) is 5.01. The van der Waals surface area contributed by atoms with Crippen LogP contribution >= 0.6 is 0 Å². The summed E-state index contributed by atoms with van der Waals surface area (Å²) in [6, 6.07) is 11.5. The molecule has 1 fully saturated rings. The number of anilines is 1. The molecule has 1 unspecified atom stereocenters. The molecule has 0 aliphatic carbocycles. The predicted molar refractivity (Wildman–Crippen MR) is 107 cm³/mol. The normalized spacial score (nSPS) is 14.8. The van der Waals surface area contributed by atoms with E-state index in [4.69, 9.17) is 0 Å². The van der Waals surface area contributed by atoms with Crippen molar-refractivity contribution < 1.29 is 18.8 Å². The van der Waals surface area contributed by atoms with E-state index in [0.29, 0.717) is 22.6 Å². The summed E-state index contributed by atoms with van der Waals surface area (Å²) in [6.07, 6.45) is 3.74. The van der Waals surface area contributed by atoms with Crippen molar-refractivity contribution in [2.24, 2.45) is 7.05 Å². The fourth-order valence-electron chi connectivity index (χ4n) is 3.48. The molecule has 4 rings (SSSR count). The first-order valence-corrected chi connectivity index (χ1v) is 9.43. The Labute approximate surface area is 172 Å². The van der Waals surface area contributed by atoms with E-state index in [2.05, 4.69) is 10.3 Å². The minimum absolute atomic E-state index is 0.194. The Kier molecular flexibility index (Phi) is 5.14. The first-order chi connectivity index (χ1) is 14.4. The van der Waals surface area contributed by atoms with Gasteiger partial charge in [-0.3, -0.25) is 19.3 Å². The maximum Gasteiger partial charge on any atom is 0.252 e. The molecule has 0 bridgehead atoms. The van der Waals surface area contributed by atoms with Gasteiger partial charge in [0.05, 0.1) is 5.69 Å². The summed E-state index contributed by atoms with van der Waals surface area (Å²) < 4.78 is 15.5. The number of carbonyl (C=O) groups excluding carboxylic acids is 3. The molecule has 1 atom stereocenters. The Morgan fingerprint density at radius 1 is 1.10 bits per heavy atom. The number of amides is 3. The number of aryl methyl sites for hydroxylation is 1. The fourth-order valence-corrected chi connectivity index (χ4v) is 3.48. The highest BCUT2D eigenvalue weighted by molar-refractivity contribution is 6.19. The van der Waals surface area contributed by atoms with E-state index >= 15 is 0 Å². The number of benzene rings is 2. The lowest BCUT2D eigenvalue weighted by Crippen LogP contribution is -2.31. The van der Waals surface area contributed by atoms with Crippen LogP contribution in [0.3, 0.4) is 0 Å². The van der Waals surface area contributed by atoms with E-state index in [1.54, 1.807) is 60.4 Å². The first-order valence-electron chi connectivity index (χ1n) is 9.43. The molecule has 3 amide bonds. The van der Waals surface area contributed by atoms with Crippen LogP contribution in [0.1, 0.15) is 40.6 Å². The average molecular weight is 406 g/mol. The highest BCUT2D eigenvalue weighted by Gasteiger charge is 2.30. The van der Waals surface area contributed by atoms with Gasteiger partial charge in [-0.05, 0) is 42.0 Å². The monoisotopic (exact) mass is 406 g/mol. The topological polar surface area (TPSA) is 84.3 Å². The molecule has 30 heavy (non-hydrogen) atoms. The van der Waals surface area contributed by atoms with E-state index < -0.39 is 17.8 Å². The van der Waals surface area contributed by atoms with Gasteiger partial charge in [0, 0.05) is 37.8 Å². The number of nitrogens with zero attached hydrogens (tertiary/aromatic N) is 3. The molecule has 8 heteroatoms. The number of hydrogen-bond donors (Lipinski definition) is 1. The lowest BCUT2D eigenvalue weighted by molar-refractivity contribution is -0.121. The Balaban J connectivity index is 1.59. The maximum atomic E-state index is 13.8. The van der Waals surface area contributed by atoms with Crippen molar-refractivity contribution in [3.8, 4) is 0 Å². The minimum atomic E-state index is -0.658. The van der Waals surface area contributed by atoms with Crippen LogP contribution in [-0.2, 0) is 16.6 Å². The maximum absolute atomic E-state index is 13.8. The van der Waals surface area contributed by atoms with Gasteiger partial charge in [-0.25, -0.2) is 9.37 Å². The van der Waals surface area contributed by atoms with Crippen LogP contribution in [-0.4, -0.2) is 27.3 Å². The number of halogens is 1. The van der Waals surface area contributed by atoms with E-state index in [9.17, 15) is 18.8 Å². The molecule has 2 heterocycles. The third kappa shape index (κ3) is 3.71. The second-order valence-electron chi connectivity index (χ2n) is 7.03. The largest absolute Gasteiger partial charge is 0.338 e. The molecule has 0 spiro atoms. The summed E-state index contributed by atoms with van der Waals surface area (Å²) in [6.45, 7) is 0. The Morgan fingerprint density at radius 3 is 2.40 bits per heavy atom. The molecule has 0 saturated carbocycles. The van der Waals surface area contributed by atoms with Crippen molar-refractivity contribution in [1.29, 1.82) is 0 Å². The van der Waals surface area contributed by atoms with Crippen LogP contribution in [0.25, 0.3) is 0 Å². The van der Waals surface area contributed by atoms with Crippen molar-refractivity contribution in [2.75, 3.05) is 4.90 Å². The van der Waals surface area contributed by atoms with E-state index in [-0.39, 0.29) is 24.7 Å². The van der Waals surface area contributed by atoms with Crippen molar-refractivity contribution in [2.45, 2.75) is 18.9 Å². The Hall–Kier alpha value is -3.81. The molecule has 1 aliphatic heterocycles. The molecule has 3 aromatic rings. The summed E-state index contributed by atoms with van der Waals surface area (Å²) in [5, 5.41) is 2.89. The zero-order valence-corrected chi connectivity index (χ0v) is 16.2. The quantitative estimate of drug-likeness (QED) is 0.661. The second kappa shape index (κ2) is 7.90. The van der Waals surface area contributed by atoms with Crippen molar-refractivity contribution in [3.63, 3.8) is 0 Å². The molecule has 1 aliphatic rings. The molecule has 1 N–H and O–H groups in total. The predicted octanol–water partition coefficient (Wildman–Crippen LogP) is 2.73. The number of imide groups is 1. The molecule has 7 nitrogen and oxygen atoms in total. The van der Waals surface area contributed by atoms with E-state index in [0.717, 1.165) is 4.90 Å². The van der Waals surface area contributed by atoms with Gasteiger partial charge in [0.15, 0.2) is 0 Å². The lowest BCUT2D eigenvalue weighted by atomic mass is 10.0. The zero-order valence-electron chi connectivity index (χ0n) is 16.2. The standard InChI is InChI=1S/C22H19FN4O3/c1-26-12-11-24-21(26)20(15-3-2-4-16(23)13-15)25-22(30)14-5-7-17(8-6-14)27-18(28)9-10-19(27)29/h2-8,11-13,20H,9-10H2,1H3,(H,25,30). The first kappa shape index (κ1) is 19.5. The van der Waals surface area contributed by atoms with Crippen LogP contribution in [0.4, 0.5) is 10.1 Å². The fraction of sp³-hybridized carbons (Fsp3) is 0.182. The Morgan fingerprint density at radius 2 is 1.80 bits per heavy atom. The highest BCUT2D eigenvalue weighted by Crippen LogP contribution is 2.24. The van der Waals surface area contributed by atoms with Gasteiger partial charge < -0.3 is 9.88 Å². The van der Waals surface area contributed by atoms with Gasteiger partial charge in [0.1, 0.15) is 17.7 Å². The van der Waals surface area contributed by atoms with Gasteiger partial charge in [-0.15, -0.1) is 0 Å². The summed E-state index contributed by atoms with van der Waals surface area (Å²) in [4.78, 5) is 42.1. The minimum Gasteiger partial charge on any atom is -0.338 e. The third-order valence-corrected chi connectivity index (χ3v) is 5.01. The smallest absolute Gasteiger partial charge is 0.252 e. The van der Waals surface area contributed by atoms with Crippen LogP contribution in [0.2, 0.25) is 0 Å². The summed E-state index contributed by atoms with van der Waals surface area (Å²) in [5.41, 5.74) is 1.33. The van der Waals surface area contributed by atoms with E-state index in [1.165, 1.54) is 12.1 Å². The summed E-state index contributed by atoms with van der Waals surface area (Å²) in [7, 11) is 1.79. The summed E-state index contributed by atoms with van der Waals surface area (Å²) >= 11 is 0. The zero-order chi connectivity index (χ0) is 21.3. The number of rotatable bonds is 5. The average Bonchev–Trinajstić information content (AvgIpc) is 3.31.